The van der Waals surface area contributed by atoms with Gasteiger partial charge in [-0.15, -0.1) is 0 Å². The standard InChI is InChI=1S/C18H19N3O2/c1-12-4-3-5-16(13(12)2)21-11-14(10-17(21)22)18(23)20-15-6-8-19-9-7-15/h3-9,14H,10-11H2,1-2H3,(H,19,20,23)/t14-/m0/s1. The summed E-state index contributed by atoms with van der Waals surface area (Å²) >= 11 is 0. The molecule has 1 fully saturated rings. The molecule has 5 nitrogen and oxygen atoms in total. The van der Waals surface area contributed by atoms with Gasteiger partial charge in [0, 0.05) is 36.7 Å². The summed E-state index contributed by atoms with van der Waals surface area (Å²) < 4.78 is 0. The van der Waals surface area contributed by atoms with E-state index in [1.165, 1.54) is 0 Å². The van der Waals surface area contributed by atoms with Crippen LogP contribution in [0.15, 0.2) is 42.7 Å². The molecule has 3 rings (SSSR count). The Labute approximate surface area is 135 Å². The quantitative estimate of drug-likeness (QED) is 0.948. The summed E-state index contributed by atoms with van der Waals surface area (Å²) in [6, 6.07) is 9.36. The average molecular weight is 309 g/mol. The first-order chi connectivity index (χ1) is 11.1. The second-order valence-corrected chi connectivity index (χ2v) is 5.85. The molecule has 0 radical (unpaired) electrons. The smallest absolute Gasteiger partial charge is 0.229 e. The Hall–Kier alpha value is -2.69. The largest absolute Gasteiger partial charge is 0.326 e. The van der Waals surface area contributed by atoms with Gasteiger partial charge in [-0.2, -0.15) is 0 Å². The third-order valence-corrected chi connectivity index (χ3v) is 4.31. The number of rotatable bonds is 3. The van der Waals surface area contributed by atoms with Crippen molar-refractivity contribution in [3.8, 4) is 0 Å². The van der Waals surface area contributed by atoms with E-state index in [2.05, 4.69) is 10.3 Å². The van der Waals surface area contributed by atoms with E-state index in [-0.39, 0.29) is 24.2 Å². The van der Waals surface area contributed by atoms with Crippen LogP contribution in [0, 0.1) is 19.8 Å². The van der Waals surface area contributed by atoms with Crippen molar-refractivity contribution in [2.45, 2.75) is 20.3 Å². The van der Waals surface area contributed by atoms with Crippen molar-refractivity contribution in [3.05, 3.63) is 53.9 Å². The highest BCUT2D eigenvalue weighted by Gasteiger charge is 2.35. The van der Waals surface area contributed by atoms with Gasteiger partial charge in [-0.05, 0) is 43.2 Å². The molecule has 1 atom stereocenters. The molecule has 0 saturated carbocycles. The molecular formula is C18H19N3O2. The number of benzene rings is 1. The molecule has 1 saturated heterocycles. The maximum Gasteiger partial charge on any atom is 0.229 e. The minimum atomic E-state index is -0.337. The van der Waals surface area contributed by atoms with Gasteiger partial charge in [-0.1, -0.05) is 12.1 Å². The Morgan fingerprint density at radius 1 is 1.22 bits per heavy atom. The Morgan fingerprint density at radius 3 is 2.70 bits per heavy atom. The van der Waals surface area contributed by atoms with Crippen molar-refractivity contribution < 1.29 is 9.59 Å². The van der Waals surface area contributed by atoms with Gasteiger partial charge in [0.1, 0.15) is 0 Å². The highest BCUT2D eigenvalue weighted by molar-refractivity contribution is 6.03. The zero-order valence-electron chi connectivity index (χ0n) is 13.2. The molecule has 1 aromatic heterocycles. The highest BCUT2D eigenvalue weighted by atomic mass is 16.2. The van der Waals surface area contributed by atoms with Crippen molar-refractivity contribution in [1.29, 1.82) is 0 Å². The number of nitrogens with zero attached hydrogens (tertiary/aromatic N) is 2. The summed E-state index contributed by atoms with van der Waals surface area (Å²) in [6.07, 6.45) is 3.49. The lowest BCUT2D eigenvalue weighted by Gasteiger charge is -2.20. The maximum atomic E-state index is 12.4. The molecule has 5 heteroatoms. The van der Waals surface area contributed by atoms with Crippen LogP contribution in [-0.2, 0) is 9.59 Å². The Kier molecular flexibility index (Phi) is 4.10. The number of carbonyl (C=O) groups excluding carboxylic acids is 2. The summed E-state index contributed by atoms with van der Waals surface area (Å²) in [5.41, 5.74) is 3.81. The van der Waals surface area contributed by atoms with Crippen molar-refractivity contribution in [2.75, 3.05) is 16.8 Å². The van der Waals surface area contributed by atoms with E-state index in [0.29, 0.717) is 12.2 Å². The van der Waals surface area contributed by atoms with Crippen molar-refractivity contribution >= 4 is 23.2 Å². The maximum absolute atomic E-state index is 12.4. The molecule has 0 bridgehead atoms. The number of nitrogens with one attached hydrogen (secondary N) is 1. The number of hydrogen-bond donors (Lipinski definition) is 1. The van der Waals surface area contributed by atoms with E-state index in [0.717, 1.165) is 16.8 Å². The summed E-state index contributed by atoms with van der Waals surface area (Å²) in [4.78, 5) is 30.4. The highest BCUT2D eigenvalue weighted by Crippen LogP contribution is 2.29. The summed E-state index contributed by atoms with van der Waals surface area (Å²) in [5.74, 6) is -0.471. The predicted octanol–water partition coefficient (Wildman–Crippen LogP) is 2.69. The van der Waals surface area contributed by atoms with Crippen LogP contribution in [-0.4, -0.2) is 23.3 Å². The first kappa shape index (κ1) is 15.2. The SMILES string of the molecule is Cc1cccc(N2C[C@@H](C(=O)Nc3ccncc3)CC2=O)c1C. The van der Waals surface area contributed by atoms with Crippen LogP contribution in [0.5, 0.6) is 0 Å². The van der Waals surface area contributed by atoms with Crippen LogP contribution < -0.4 is 10.2 Å². The number of carbonyl (C=O) groups is 2. The lowest BCUT2D eigenvalue weighted by Crippen LogP contribution is -2.28. The molecule has 1 aliphatic rings. The second kappa shape index (κ2) is 6.20. The first-order valence-corrected chi connectivity index (χ1v) is 7.63. The van der Waals surface area contributed by atoms with Crippen LogP contribution >= 0.6 is 0 Å². The molecule has 2 amide bonds. The first-order valence-electron chi connectivity index (χ1n) is 7.63. The van der Waals surface area contributed by atoms with Crippen molar-refractivity contribution in [3.63, 3.8) is 0 Å². The fourth-order valence-electron chi connectivity index (χ4n) is 2.82. The zero-order chi connectivity index (χ0) is 16.4. The number of pyridine rings is 1. The van der Waals surface area contributed by atoms with E-state index < -0.39 is 0 Å². The summed E-state index contributed by atoms with van der Waals surface area (Å²) in [7, 11) is 0. The lowest BCUT2D eigenvalue weighted by molar-refractivity contribution is -0.122. The number of amides is 2. The Balaban J connectivity index is 1.75. The van der Waals surface area contributed by atoms with Gasteiger partial charge in [-0.25, -0.2) is 0 Å². The van der Waals surface area contributed by atoms with Crippen molar-refractivity contribution in [2.24, 2.45) is 5.92 Å². The van der Waals surface area contributed by atoms with Gasteiger partial charge in [0.05, 0.1) is 5.92 Å². The van der Waals surface area contributed by atoms with Crippen LogP contribution in [0.3, 0.4) is 0 Å². The minimum absolute atomic E-state index is 0.00595. The van der Waals surface area contributed by atoms with Crippen LogP contribution in [0.1, 0.15) is 17.5 Å². The fourth-order valence-corrected chi connectivity index (χ4v) is 2.82. The number of aromatic nitrogens is 1. The monoisotopic (exact) mass is 309 g/mol. The molecule has 1 aliphatic heterocycles. The van der Waals surface area contributed by atoms with Gasteiger partial charge in [0.25, 0.3) is 0 Å². The molecule has 2 aromatic rings. The minimum Gasteiger partial charge on any atom is -0.326 e. The van der Waals surface area contributed by atoms with E-state index in [4.69, 9.17) is 0 Å². The number of aryl methyl sites for hydroxylation is 1. The Morgan fingerprint density at radius 2 is 1.96 bits per heavy atom. The lowest BCUT2D eigenvalue weighted by atomic mass is 10.1. The van der Waals surface area contributed by atoms with E-state index in [9.17, 15) is 9.59 Å². The topological polar surface area (TPSA) is 62.3 Å². The molecule has 118 valence electrons. The van der Waals surface area contributed by atoms with Crippen LogP contribution in [0.2, 0.25) is 0 Å². The molecule has 2 heterocycles. The zero-order valence-corrected chi connectivity index (χ0v) is 13.2. The van der Waals surface area contributed by atoms with Crippen LogP contribution in [0.25, 0.3) is 0 Å². The molecule has 1 N–H and O–H groups in total. The van der Waals surface area contributed by atoms with Gasteiger partial charge < -0.3 is 10.2 Å². The normalized spacial score (nSPS) is 17.4. The van der Waals surface area contributed by atoms with Crippen LogP contribution in [0.4, 0.5) is 11.4 Å². The third kappa shape index (κ3) is 3.08. The predicted molar refractivity (Wildman–Crippen MR) is 89.2 cm³/mol. The number of hydrogen-bond acceptors (Lipinski definition) is 3. The fraction of sp³-hybridized carbons (Fsp3) is 0.278. The van der Waals surface area contributed by atoms with Gasteiger partial charge in [0.2, 0.25) is 11.8 Å². The third-order valence-electron chi connectivity index (χ3n) is 4.31. The molecular weight excluding hydrogens is 290 g/mol. The van der Waals surface area contributed by atoms with Crippen molar-refractivity contribution in [1.82, 2.24) is 4.98 Å². The van der Waals surface area contributed by atoms with Gasteiger partial charge >= 0.3 is 0 Å². The van der Waals surface area contributed by atoms with E-state index >= 15 is 0 Å². The summed E-state index contributed by atoms with van der Waals surface area (Å²) in [6.45, 7) is 4.44. The molecule has 23 heavy (non-hydrogen) atoms. The molecule has 0 unspecified atom stereocenters. The molecule has 1 aromatic carbocycles. The average Bonchev–Trinajstić information content (AvgIpc) is 2.93. The van der Waals surface area contributed by atoms with Gasteiger partial charge in [0.15, 0.2) is 0 Å². The Bertz CT molecular complexity index is 743. The second-order valence-electron chi connectivity index (χ2n) is 5.85. The van der Waals surface area contributed by atoms with E-state index in [1.807, 2.05) is 32.0 Å². The van der Waals surface area contributed by atoms with Gasteiger partial charge in [-0.3, -0.25) is 14.6 Å². The van der Waals surface area contributed by atoms with E-state index in [1.54, 1.807) is 29.4 Å². The summed E-state index contributed by atoms with van der Waals surface area (Å²) in [5, 5.41) is 2.84. The molecule has 0 spiro atoms. The molecule has 0 aliphatic carbocycles. The number of anilines is 2.